The lowest BCUT2D eigenvalue weighted by Crippen LogP contribution is -2.03. The van der Waals surface area contributed by atoms with E-state index in [0.29, 0.717) is 29.6 Å². The van der Waals surface area contributed by atoms with Gasteiger partial charge in [0.25, 0.3) is 0 Å². The number of rotatable bonds is 12. The number of nitrogens with one attached hydrogen (secondary N) is 1. The fourth-order valence-electron chi connectivity index (χ4n) is 4.71. The predicted octanol–water partition coefficient (Wildman–Crippen LogP) is 6.49. The molecule has 0 aliphatic heterocycles. The van der Waals surface area contributed by atoms with Crippen molar-refractivity contribution in [1.29, 1.82) is 0 Å². The molecule has 0 saturated carbocycles. The van der Waals surface area contributed by atoms with Gasteiger partial charge in [-0.2, -0.15) is 0 Å². The third kappa shape index (κ3) is 6.91. The van der Waals surface area contributed by atoms with Gasteiger partial charge < -0.3 is 10.4 Å². The van der Waals surface area contributed by atoms with Crippen LogP contribution in [-0.4, -0.2) is 24.2 Å². The number of anilines is 1. The zero-order valence-corrected chi connectivity index (χ0v) is 18.7. The lowest BCUT2D eigenvalue weighted by molar-refractivity contribution is 0.109. The molecule has 3 rings (SSSR count). The largest absolute Gasteiger partial charge is 0.508 e. The molecule has 5 heteroatoms. The zero-order chi connectivity index (χ0) is 22.8. The van der Waals surface area contributed by atoms with E-state index in [0.717, 1.165) is 55.5 Å². The van der Waals surface area contributed by atoms with Crippen LogP contribution in [0.25, 0.3) is 0 Å². The molecule has 1 aliphatic rings. The van der Waals surface area contributed by atoms with Gasteiger partial charge in [0.05, 0.1) is 0 Å². The Bertz CT molecular complexity index is 912. The molecule has 0 saturated heterocycles. The summed E-state index contributed by atoms with van der Waals surface area (Å²) < 4.78 is 14.1. The highest BCUT2D eigenvalue weighted by Crippen LogP contribution is 2.31. The molecule has 0 bridgehead atoms. The van der Waals surface area contributed by atoms with E-state index in [1.165, 1.54) is 44.6 Å². The molecule has 4 nitrogen and oxygen atoms in total. The van der Waals surface area contributed by atoms with Gasteiger partial charge in [0.2, 0.25) is 0 Å². The van der Waals surface area contributed by atoms with Crippen molar-refractivity contribution in [1.82, 2.24) is 0 Å². The molecule has 1 atom stereocenters. The number of unbranched alkanes of at least 4 members (excludes halogenated alkanes) is 5. The number of carbonyl (C=O) groups excluding carboxylic acids is 2. The SMILES string of the molecule is O=Cc1ccc(NCCCCCCCCC2CCc3cc(O)cc(F)c3CC2)cc1C=O. The van der Waals surface area contributed by atoms with Crippen molar-refractivity contribution < 1.29 is 19.1 Å². The van der Waals surface area contributed by atoms with Gasteiger partial charge in [-0.1, -0.05) is 38.5 Å². The highest BCUT2D eigenvalue weighted by Gasteiger charge is 2.19. The van der Waals surface area contributed by atoms with Crippen LogP contribution in [0.5, 0.6) is 5.75 Å². The van der Waals surface area contributed by atoms with Crippen LogP contribution in [0.2, 0.25) is 0 Å². The van der Waals surface area contributed by atoms with E-state index in [1.807, 2.05) is 6.07 Å². The van der Waals surface area contributed by atoms with Crippen molar-refractivity contribution in [3.8, 4) is 5.75 Å². The molecular weight excluding hydrogens is 405 g/mol. The van der Waals surface area contributed by atoms with Crippen LogP contribution in [0.1, 0.15) is 89.6 Å². The molecule has 0 amide bonds. The molecule has 2 N–H and O–H groups in total. The second kappa shape index (κ2) is 12.4. The monoisotopic (exact) mass is 439 g/mol. The number of benzene rings is 2. The Morgan fingerprint density at radius 2 is 1.62 bits per heavy atom. The van der Waals surface area contributed by atoms with Gasteiger partial charge in [0.15, 0.2) is 12.6 Å². The maximum Gasteiger partial charge on any atom is 0.150 e. The van der Waals surface area contributed by atoms with Crippen molar-refractivity contribution in [2.45, 2.75) is 70.6 Å². The van der Waals surface area contributed by atoms with Crippen molar-refractivity contribution >= 4 is 18.3 Å². The minimum absolute atomic E-state index is 0.0384. The first-order chi connectivity index (χ1) is 15.6. The summed E-state index contributed by atoms with van der Waals surface area (Å²) in [4.78, 5) is 21.9. The number of aldehydes is 2. The van der Waals surface area contributed by atoms with Gasteiger partial charge in [-0.15, -0.1) is 0 Å². The molecule has 172 valence electrons. The number of phenolic OH excluding ortho intramolecular Hbond substituents is 1. The third-order valence-corrected chi connectivity index (χ3v) is 6.61. The van der Waals surface area contributed by atoms with Crippen molar-refractivity contribution in [3.05, 3.63) is 58.4 Å². The highest BCUT2D eigenvalue weighted by atomic mass is 19.1. The normalized spacial score (nSPS) is 15.6. The van der Waals surface area contributed by atoms with Crippen molar-refractivity contribution in [2.75, 3.05) is 11.9 Å². The number of halogens is 1. The summed E-state index contributed by atoms with van der Waals surface area (Å²) in [6.07, 6.45) is 13.6. The van der Waals surface area contributed by atoms with Crippen LogP contribution in [0.3, 0.4) is 0 Å². The molecule has 2 aromatic carbocycles. The predicted molar refractivity (Wildman–Crippen MR) is 126 cm³/mol. The Balaban J connectivity index is 1.24. The van der Waals surface area contributed by atoms with E-state index in [9.17, 15) is 19.1 Å². The second-order valence-corrected chi connectivity index (χ2v) is 8.92. The van der Waals surface area contributed by atoms with Crippen molar-refractivity contribution in [3.63, 3.8) is 0 Å². The van der Waals surface area contributed by atoms with Gasteiger partial charge in [-0.25, -0.2) is 4.39 Å². The summed E-state index contributed by atoms with van der Waals surface area (Å²) >= 11 is 0. The Hall–Kier alpha value is -2.69. The Labute approximate surface area is 190 Å². The Morgan fingerprint density at radius 3 is 2.41 bits per heavy atom. The minimum atomic E-state index is -0.253. The van der Waals surface area contributed by atoms with Gasteiger partial charge in [0, 0.05) is 29.4 Å². The molecule has 1 aliphatic carbocycles. The Kier molecular flexibility index (Phi) is 9.27. The van der Waals surface area contributed by atoms with E-state index in [2.05, 4.69) is 5.32 Å². The summed E-state index contributed by atoms with van der Waals surface area (Å²) in [7, 11) is 0. The minimum Gasteiger partial charge on any atom is -0.508 e. The molecule has 1 unspecified atom stereocenters. The number of phenols is 1. The molecule has 0 spiro atoms. The maximum absolute atomic E-state index is 14.1. The lowest BCUT2D eigenvalue weighted by atomic mass is 9.93. The Morgan fingerprint density at radius 1 is 0.906 bits per heavy atom. The van der Waals surface area contributed by atoms with Gasteiger partial charge in [-0.3, -0.25) is 9.59 Å². The maximum atomic E-state index is 14.1. The van der Waals surface area contributed by atoms with Crippen LogP contribution in [0.15, 0.2) is 30.3 Å². The van der Waals surface area contributed by atoms with Crippen molar-refractivity contribution in [2.24, 2.45) is 5.92 Å². The summed E-state index contributed by atoms with van der Waals surface area (Å²) in [5.74, 6) is 0.434. The van der Waals surface area contributed by atoms with E-state index in [1.54, 1.807) is 18.2 Å². The quantitative estimate of drug-likeness (QED) is 0.225. The molecular formula is C27H34FNO3. The zero-order valence-electron chi connectivity index (χ0n) is 18.7. The highest BCUT2D eigenvalue weighted by molar-refractivity contribution is 5.91. The number of aryl methyl sites for hydroxylation is 1. The number of carbonyl (C=O) groups is 2. The van der Waals surface area contributed by atoms with Gasteiger partial charge in [0.1, 0.15) is 11.6 Å². The fourth-order valence-corrected chi connectivity index (χ4v) is 4.71. The van der Waals surface area contributed by atoms with Crippen LogP contribution < -0.4 is 5.32 Å². The standard InChI is InChI=1S/C27H34FNO3/c28-27-17-25(32)16-21-10-8-20(9-13-26(21)27)7-5-3-1-2-4-6-14-29-24-12-11-22(18-30)23(15-24)19-31/h11-12,15-20,29,32H,1-10,13-14H2. The first-order valence-electron chi connectivity index (χ1n) is 11.9. The van der Waals surface area contributed by atoms with Crippen LogP contribution in [0.4, 0.5) is 10.1 Å². The number of aromatic hydroxyl groups is 1. The van der Waals surface area contributed by atoms with Gasteiger partial charge >= 0.3 is 0 Å². The summed E-state index contributed by atoms with van der Waals surface area (Å²) in [5, 5.41) is 13.0. The van der Waals surface area contributed by atoms with E-state index in [4.69, 9.17) is 0 Å². The summed E-state index contributed by atoms with van der Waals surface area (Å²) in [6, 6.07) is 8.20. The number of fused-ring (bicyclic) bond motifs is 1. The molecule has 2 aromatic rings. The van der Waals surface area contributed by atoms with E-state index < -0.39 is 0 Å². The van der Waals surface area contributed by atoms with Gasteiger partial charge in [-0.05, 0) is 73.4 Å². The lowest BCUT2D eigenvalue weighted by Gasteiger charge is -2.13. The molecule has 0 heterocycles. The second-order valence-electron chi connectivity index (χ2n) is 8.92. The fraction of sp³-hybridized carbons (Fsp3) is 0.481. The molecule has 0 aromatic heterocycles. The third-order valence-electron chi connectivity index (χ3n) is 6.61. The topological polar surface area (TPSA) is 66.4 Å². The van der Waals surface area contributed by atoms with E-state index in [-0.39, 0.29) is 11.6 Å². The molecule has 0 radical (unpaired) electrons. The average Bonchev–Trinajstić information content (AvgIpc) is 3.00. The molecule has 0 fully saturated rings. The van der Waals surface area contributed by atoms with Crippen LogP contribution in [-0.2, 0) is 12.8 Å². The van der Waals surface area contributed by atoms with E-state index >= 15 is 0 Å². The average molecular weight is 440 g/mol. The first-order valence-corrected chi connectivity index (χ1v) is 11.9. The molecule has 32 heavy (non-hydrogen) atoms. The summed E-state index contributed by atoms with van der Waals surface area (Å²) in [5.41, 5.74) is 3.51. The number of hydrogen-bond donors (Lipinski definition) is 2. The smallest absolute Gasteiger partial charge is 0.150 e. The van der Waals surface area contributed by atoms with Crippen LogP contribution >= 0.6 is 0 Å². The number of hydrogen-bond acceptors (Lipinski definition) is 4. The summed E-state index contributed by atoms with van der Waals surface area (Å²) in [6.45, 7) is 0.855. The van der Waals surface area contributed by atoms with Crippen LogP contribution in [0, 0.1) is 11.7 Å². The first kappa shape index (κ1) is 24.0.